The van der Waals surface area contributed by atoms with Crippen LogP contribution < -0.4 is 15.8 Å². The van der Waals surface area contributed by atoms with Crippen molar-refractivity contribution in [1.82, 2.24) is 0 Å². The number of benzene rings is 2. The molecule has 0 fully saturated rings. The van der Waals surface area contributed by atoms with Crippen LogP contribution >= 0.6 is 0 Å². The summed E-state index contributed by atoms with van der Waals surface area (Å²) in [6.07, 6.45) is 1.02. The van der Waals surface area contributed by atoms with E-state index < -0.39 is 0 Å². The first kappa shape index (κ1) is 19.8. The van der Waals surface area contributed by atoms with Gasteiger partial charge in [-0.15, -0.1) is 0 Å². The van der Waals surface area contributed by atoms with E-state index in [1.54, 1.807) is 0 Å². The average molecular weight is 355 g/mol. The van der Waals surface area contributed by atoms with Gasteiger partial charge >= 0.3 is 0 Å². The molecule has 0 aliphatic rings. The zero-order valence-corrected chi connectivity index (χ0v) is 15.9. The van der Waals surface area contributed by atoms with Gasteiger partial charge in [-0.2, -0.15) is 0 Å². The summed E-state index contributed by atoms with van der Waals surface area (Å²) in [6, 6.07) is 14.3. The summed E-state index contributed by atoms with van der Waals surface area (Å²) in [5, 5.41) is 3.12. The quantitative estimate of drug-likeness (QED) is 0.407. The third kappa shape index (κ3) is 6.41. The molecule has 2 aromatic carbocycles. The predicted octanol–water partition coefficient (Wildman–Crippen LogP) is 3.90. The van der Waals surface area contributed by atoms with Gasteiger partial charge in [0, 0.05) is 17.9 Å². The molecule has 26 heavy (non-hydrogen) atoms. The second kappa shape index (κ2) is 10.5. The Labute approximate surface area is 156 Å². The van der Waals surface area contributed by atoms with E-state index in [9.17, 15) is 0 Å². The van der Waals surface area contributed by atoms with Gasteiger partial charge in [0.2, 0.25) is 0 Å². The lowest BCUT2D eigenvalue weighted by molar-refractivity contribution is 0.110. The third-order valence-electron chi connectivity index (χ3n) is 3.97. The van der Waals surface area contributed by atoms with Crippen LogP contribution in [0, 0.1) is 6.92 Å². The molecule has 0 heterocycles. The highest BCUT2D eigenvalue weighted by molar-refractivity contribution is 5.92. The van der Waals surface area contributed by atoms with Crippen molar-refractivity contribution < 1.29 is 9.47 Å². The Kier molecular flexibility index (Phi) is 7.96. The van der Waals surface area contributed by atoms with Crippen LogP contribution in [0.15, 0.2) is 47.5 Å². The first-order valence-corrected chi connectivity index (χ1v) is 9.08. The molecule has 2 rings (SSSR count). The molecule has 0 aliphatic carbocycles. The molecule has 0 saturated carbocycles. The normalized spacial score (nSPS) is 11.4. The van der Waals surface area contributed by atoms with Crippen LogP contribution in [0.1, 0.15) is 30.5 Å². The summed E-state index contributed by atoms with van der Waals surface area (Å²) in [4.78, 5) is 4.44. The molecule has 5 heteroatoms. The highest BCUT2D eigenvalue weighted by atomic mass is 16.5. The van der Waals surface area contributed by atoms with E-state index in [1.165, 1.54) is 5.56 Å². The van der Waals surface area contributed by atoms with E-state index in [4.69, 9.17) is 15.2 Å². The number of aryl methyl sites for hydroxylation is 2. The molecule has 2 aromatic rings. The number of ether oxygens (including phenoxy) is 2. The number of nitrogens with two attached hydrogens (primary N) is 1. The standard InChI is InChI=1S/C21H29N3O2/c1-4-17-7-10-19(11-8-17)24-21(22)23-15-18-9-6-16(3)14-20(18)26-13-12-25-5-2/h6-11,14H,4-5,12-13,15H2,1-3H3,(H3,22,23,24). The molecule has 3 N–H and O–H groups in total. The highest BCUT2D eigenvalue weighted by Crippen LogP contribution is 2.21. The van der Waals surface area contributed by atoms with Gasteiger partial charge in [0.15, 0.2) is 5.96 Å². The number of rotatable bonds is 9. The number of guanidine groups is 1. The minimum atomic E-state index is 0.384. The van der Waals surface area contributed by atoms with Gasteiger partial charge in [-0.1, -0.05) is 31.2 Å². The van der Waals surface area contributed by atoms with Crippen molar-refractivity contribution in [2.24, 2.45) is 10.7 Å². The first-order valence-electron chi connectivity index (χ1n) is 9.08. The molecule has 0 aliphatic heterocycles. The van der Waals surface area contributed by atoms with E-state index in [0.29, 0.717) is 32.3 Å². The van der Waals surface area contributed by atoms with Gasteiger partial charge in [0.1, 0.15) is 12.4 Å². The molecule has 0 unspecified atom stereocenters. The molecule has 5 nitrogen and oxygen atoms in total. The van der Waals surface area contributed by atoms with Gasteiger partial charge in [-0.3, -0.25) is 0 Å². The van der Waals surface area contributed by atoms with Crippen LogP contribution in [0.3, 0.4) is 0 Å². The van der Waals surface area contributed by atoms with Crippen LogP contribution in [-0.4, -0.2) is 25.8 Å². The summed E-state index contributed by atoms with van der Waals surface area (Å²) in [5.74, 6) is 1.21. The van der Waals surface area contributed by atoms with E-state index >= 15 is 0 Å². The summed E-state index contributed by atoms with van der Waals surface area (Å²) in [5.41, 5.74) is 10.4. The fourth-order valence-corrected chi connectivity index (χ4v) is 2.46. The largest absolute Gasteiger partial charge is 0.491 e. The van der Waals surface area contributed by atoms with E-state index in [-0.39, 0.29) is 0 Å². The summed E-state index contributed by atoms with van der Waals surface area (Å²) >= 11 is 0. The molecule has 0 aromatic heterocycles. The molecule has 0 spiro atoms. The summed E-state index contributed by atoms with van der Waals surface area (Å²) in [6.45, 7) is 8.38. The highest BCUT2D eigenvalue weighted by Gasteiger charge is 2.05. The first-order chi connectivity index (χ1) is 12.6. The SMILES string of the molecule is CCOCCOc1cc(C)ccc1CN=C(N)Nc1ccc(CC)cc1. The van der Waals surface area contributed by atoms with Crippen molar-refractivity contribution in [3.05, 3.63) is 59.2 Å². The maximum atomic E-state index is 6.02. The van der Waals surface area contributed by atoms with Gasteiger partial charge in [0.05, 0.1) is 13.2 Å². The van der Waals surface area contributed by atoms with Crippen LogP contribution in [0.25, 0.3) is 0 Å². The lowest BCUT2D eigenvalue weighted by Crippen LogP contribution is -2.22. The zero-order chi connectivity index (χ0) is 18.8. The Morgan fingerprint density at radius 1 is 1.08 bits per heavy atom. The number of aliphatic imine (C=N–C) groups is 1. The Balaban J connectivity index is 1.98. The van der Waals surface area contributed by atoms with Crippen molar-refractivity contribution in [1.29, 1.82) is 0 Å². The van der Waals surface area contributed by atoms with Gasteiger partial charge in [0.25, 0.3) is 0 Å². The number of hydrogen-bond acceptors (Lipinski definition) is 3. The van der Waals surface area contributed by atoms with Crippen molar-refractivity contribution in [2.45, 2.75) is 33.7 Å². The monoisotopic (exact) mass is 355 g/mol. The second-order valence-electron chi connectivity index (χ2n) is 6.03. The average Bonchev–Trinajstić information content (AvgIpc) is 2.65. The van der Waals surface area contributed by atoms with Crippen molar-refractivity contribution in [3.63, 3.8) is 0 Å². The van der Waals surface area contributed by atoms with Crippen LogP contribution in [0.2, 0.25) is 0 Å². The van der Waals surface area contributed by atoms with Crippen molar-refractivity contribution >= 4 is 11.6 Å². The molecule has 140 valence electrons. The second-order valence-corrected chi connectivity index (χ2v) is 6.03. The minimum absolute atomic E-state index is 0.384. The molecule has 0 amide bonds. The van der Waals surface area contributed by atoms with E-state index in [1.807, 2.05) is 44.2 Å². The fraction of sp³-hybridized carbons (Fsp3) is 0.381. The molecule has 0 saturated heterocycles. The predicted molar refractivity (Wildman–Crippen MR) is 108 cm³/mol. The lowest BCUT2D eigenvalue weighted by atomic mass is 10.1. The van der Waals surface area contributed by atoms with Crippen LogP contribution in [-0.2, 0) is 17.7 Å². The summed E-state index contributed by atoms with van der Waals surface area (Å²) < 4.78 is 11.2. The van der Waals surface area contributed by atoms with Gasteiger partial charge in [-0.25, -0.2) is 4.99 Å². The van der Waals surface area contributed by atoms with Crippen LogP contribution in [0.5, 0.6) is 5.75 Å². The number of hydrogen-bond donors (Lipinski definition) is 2. The van der Waals surface area contributed by atoms with Crippen LogP contribution in [0.4, 0.5) is 5.69 Å². The maximum absolute atomic E-state index is 6.02. The maximum Gasteiger partial charge on any atom is 0.193 e. The third-order valence-corrected chi connectivity index (χ3v) is 3.97. The van der Waals surface area contributed by atoms with Crippen molar-refractivity contribution in [3.8, 4) is 5.75 Å². The van der Waals surface area contributed by atoms with Gasteiger partial charge < -0.3 is 20.5 Å². The van der Waals surface area contributed by atoms with Crippen molar-refractivity contribution in [2.75, 3.05) is 25.1 Å². The zero-order valence-electron chi connectivity index (χ0n) is 15.9. The molecular formula is C21H29N3O2. The van der Waals surface area contributed by atoms with E-state index in [2.05, 4.69) is 29.4 Å². The Bertz CT molecular complexity index is 712. The number of nitrogens with one attached hydrogen (secondary N) is 1. The minimum Gasteiger partial charge on any atom is -0.491 e. The smallest absolute Gasteiger partial charge is 0.193 e. The lowest BCUT2D eigenvalue weighted by Gasteiger charge is -2.12. The Morgan fingerprint density at radius 3 is 2.54 bits per heavy atom. The van der Waals surface area contributed by atoms with E-state index in [0.717, 1.165) is 29.0 Å². The topological polar surface area (TPSA) is 68.9 Å². The Hall–Kier alpha value is -2.53. The molecular weight excluding hydrogens is 326 g/mol. The number of anilines is 1. The molecule has 0 radical (unpaired) electrons. The molecule has 0 atom stereocenters. The fourth-order valence-electron chi connectivity index (χ4n) is 2.46. The Morgan fingerprint density at radius 2 is 1.85 bits per heavy atom. The summed E-state index contributed by atoms with van der Waals surface area (Å²) in [7, 11) is 0. The molecule has 0 bridgehead atoms. The van der Waals surface area contributed by atoms with Gasteiger partial charge in [-0.05, 0) is 49.6 Å². The number of nitrogens with zero attached hydrogens (tertiary/aromatic N) is 1.